The number of nitrogens with two attached hydrogens (primary N) is 2. The largest absolute Gasteiger partial charge is 0.396 e. The van der Waals surface area contributed by atoms with Crippen LogP contribution in [-0.2, 0) is 0 Å². The van der Waals surface area contributed by atoms with Gasteiger partial charge in [-0.3, -0.25) is 0 Å². The third-order valence-corrected chi connectivity index (χ3v) is 2.15. The molecule has 0 atom stereocenters. The molecule has 0 amide bonds. The number of halogens is 2. The maximum Gasteiger partial charge on any atom is 0.160 e. The van der Waals surface area contributed by atoms with Gasteiger partial charge in [-0.2, -0.15) is 0 Å². The molecule has 1 aromatic heterocycles. The highest BCUT2D eigenvalue weighted by Crippen LogP contribution is 2.20. The summed E-state index contributed by atoms with van der Waals surface area (Å²) in [6.07, 6.45) is 0. The molecule has 1 aromatic carbocycles. The van der Waals surface area contributed by atoms with E-state index in [1.54, 1.807) is 12.1 Å². The first-order chi connectivity index (χ1) is 8.06. The Balaban J connectivity index is 2.25. The molecule has 0 radical (unpaired) electrons. The average Bonchev–Trinajstić information content (AvgIpc) is 2.29. The Morgan fingerprint density at radius 2 is 1.76 bits per heavy atom. The van der Waals surface area contributed by atoms with Crippen molar-refractivity contribution in [2.75, 3.05) is 16.8 Å². The van der Waals surface area contributed by atoms with Crippen LogP contribution in [0, 0.1) is 11.6 Å². The highest BCUT2D eigenvalue weighted by Gasteiger charge is 2.04. The van der Waals surface area contributed by atoms with Gasteiger partial charge < -0.3 is 16.8 Å². The van der Waals surface area contributed by atoms with Crippen molar-refractivity contribution >= 4 is 23.0 Å². The minimum absolute atomic E-state index is 0.178. The summed E-state index contributed by atoms with van der Waals surface area (Å²) in [4.78, 5) is 3.95. The van der Waals surface area contributed by atoms with Crippen LogP contribution in [0.4, 0.5) is 31.8 Å². The third kappa shape index (κ3) is 2.41. The molecule has 0 aliphatic rings. The zero-order valence-electron chi connectivity index (χ0n) is 8.74. The van der Waals surface area contributed by atoms with Crippen LogP contribution < -0.4 is 16.8 Å². The Morgan fingerprint density at radius 1 is 1.00 bits per heavy atom. The lowest BCUT2D eigenvalue weighted by Gasteiger charge is -2.07. The molecule has 0 spiro atoms. The summed E-state index contributed by atoms with van der Waals surface area (Å²) in [5, 5.41) is 2.79. The smallest absolute Gasteiger partial charge is 0.160 e. The summed E-state index contributed by atoms with van der Waals surface area (Å²) >= 11 is 0. The molecule has 0 saturated heterocycles. The lowest BCUT2D eigenvalue weighted by atomic mass is 10.3. The van der Waals surface area contributed by atoms with Gasteiger partial charge in [-0.05, 0) is 24.3 Å². The summed E-state index contributed by atoms with van der Waals surface area (Å²) in [7, 11) is 0. The van der Waals surface area contributed by atoms with E-state index in [4.69, 9.17) is 11.5 Å². The number of benzene rings is 1. The van der Waals surface area contributed by atoms with Crippen molar-refractivity contribution in [2.45, 2.75) is 0 Å². The molecule has 5 N–H and O–H groups in total. The number of rotatable bonds is 2. The van der Waals surface area contributed by atoms with Gasteiger partial charge >= 0.3 is 0 Å². The molecular formula is C11H10F2N4. The molecule has 0 saturated carbocycles. The number of pyridine rings is 1. The van der Waals surface area contributed by atoms with E-state index in [-0.39, 0.29) is 5.82 Å². The lowest BCUT2D eigenvalue weighted by molar-refractivity contribution is 0.509. The van der Waals surface area contributed by atoms with E-state index in [1.165, 1.54) is 6.07 Å². The Bertz CT molecular complexity index is 508. The Hall–Kier alpha value is -2.37. The Morgan fingerprint density at radius 3 is 2.41 bits per heavy atom. The van der Waals surface area contributed by atoms with E-state index in [1.807, 2.05) is 0 Å². The van der Waals surface area contributed by atoms with Crippen LogP contribution in [0.25, 0.3) is 0 Å². The maximum atomic E-state index is 12.9. The van der Waals surface area contributed by atoms with Crippen molar-refractivity contribution < 1.29 is 8.78 Å². The number of anilines is 4. The molecule has 0 bridgehead atoms. The quantitative estimate of drug-likeness (QED) is 0.747. The molecule has 0 unspecified atom stereocenters. The van der Waals surface area contributed by atoms with E-state index in [2.05, 4.69) is 10.3 Å². The van der Waals surface area contributed by atoms with Gasteiger partial charge in [0.25, 0.3) is 0 Å². The van der Waals surface area contributed by atoms with Crippen LogP contribution in [-0.4, -0.2) is 4.98 Å². The first kappa shape index (κ1) is 11.1. The molecule has 1 heterocycles. The first-order valence-electron chi connectivity index (χ1n) is 4.80. The normalized spacial score (nSPS) is 10.2. The van der Waals surface area contributed by atoms with Crippen molar-refractivity contribution in [1.82, 2.24) is 4.98 Å². The number of nitrogens with zero attached hydrogens (tertiary/aromatic N) is 1. The van der Waals surface area contributed by atoms with Crippen molar-refractivity contribution in [2.24, 2.45) is 0 Å². The second-order valence-corrected chi connectivity index (χ2v) is 3.42. The molecule has 88 valence electrons. The van der Waals surface area contributed by atoms with E-state index in [0.29, 0.717) is 17.2 Å². The topological polar surface area (TPSA) is 77.0 Å². The summed E-state index contributed by atoms with van der Waals surface area (Å²) in [5.74, 6) is -1.25. The third-order valence-electron chi connectivity index (χ3n) is 2.15. The SMILES string of the molecule is Nc1ccc(Nc2ccc(F)c(F)c2)nc1N. The predicted molar refractivity (Wildman–Crippen MR) is 62.7 cm³/mol. The Kier molecular flexibility index (Phi) is 2.78. The van der Waals surface area contributed by atoms with Crippen molar-refractivity contribution in [1.29, 1.82) is 0 Å². The highest BCUT2D eigenvalue weighted by atomic mass is 19.2. The summed E-state index contributed by atoms with van der Waals surface area (Å²) in [5.41, 5.74) is 11.8. The van der Waals surface area contributed by atoms with Gasteiger partial charge in [0.1, 0.15) is 11.6 Å². The van der Waals surface area contributed by atoms with E-state index in [0.717, 1.165) is 12.1 Å². The minimum atomic E-state index is -0.932. The number of hydrogen-bond acceptors (Lipinski definition) is 4. The zero-order valence-corrected chi connectivity index (χ0v) is 8.74. The second-order valence-electron chi connectivity index (χ2n) is 3.42. The van der Waals surface area contributed by atoms with Gasteiger partial charge in [-0.15, -0.1) is 0 Å². The fourth-order valence-electron chi connectivity index (χ4n) is 1.28. The van der Waals surface area contributed by atoms with Crippen molar-refractivity contribution in [3.8, 4) is 0 Å². The van der Waals surface area contributed by atoms with Crippen LogP contribution in [0.5, 0.6) is 0 Å². The van der Waals surface area contributed by atoms with Gasteiger partial charge in [0.2, 0.25) is 0 Å². The molecule has 2 rings (SSSR count). The van der Waals surface area contributed by atoms with Crippen LogP contribution >= 0.6 is 0 Å². The summed E-state index contributed by atoms with van der Waals surface area (Å²) in [6, 6.07) is 6.62. The van der Waals surface area contributed by atoms with Gasteiger partial charge in [0.05, 0.1) is 5.69 Å². The van der Waals surface area contributed by atoms with Crippen LogP contribution in [0.3, 0.4) is 0 Å². The number of nitrogen functional groups attached to an aromatic ring is 2. The second kappa shape index (κ2) is 4.25. The van der Waals surface area contributed by atoms with Crippen LogP contribution in [0.1, 0.15) is 0 Å². The fraction of sp³-hybridized carbons (Fsp3) is 0. The number of aromatic nitrogens is 1. The standard InChI is InChI=1S/C11H10F2N4/c12-7-2-1-6(5-8(7)13)16-10-4-3-9(14)11(15)17-10/h1-5H,14H2,(H3,15,16,17). The summed E-state index contributed by atoms with van der Waals surface area (Å²) in [6.45, 7) is 0. The van der Waals surface area contributed by atoms with E-state index in [9.17, 15) is 8.78 Å². The van der Waals surface area contributed by atoms with Gasteiger partial charge in [0, 0.05) is 11.8 Å². The van der Waals surface area contributed by atoms with Crippen molar-refractivity contribution in [3.05, 3.63) is 42.0 Å². The van der Waals surface area contributed by atoms with Gasteiger partial charge in [-0.1, -0.05) is 0 Å². The van der Waals surface area contributed by atoms with Crippen LogP contribution in [0.15, 0.2) is 30.3 Å². The predicted octanol–water partition coefficient (Wildman–Crippen LogP) is 2.27. The molecule has 2 aromatic rings. The fourth-order valence-corrected chi connectivity index (χ4v) is 1.28. The highest BCUT2D eigenvalue weighted by molar-refractivity contribution is 5.65. The number of hydrogen-bond donors (Lipinski definition) is 3. The van der Waals surface area contributed by atoms with E-state index < -0.39 is 11.6 Å². The molecule has 4 nitrogen and oxygen atoms in total. The van der Waals surface area contributed by atoms with Gasteiger partial charge in [0.15, 0.2) is 11.6 Å². The van der Waals surface area contributed by atoms with E-state index >= 15 is 0 Å². The van der Waals surface area contributed by atoms with Crippen LogP contribution in [0.2, 0.25) is 0 Å². The minimum Gasteiger partial charge on any atom is -0.396 e. The molecule has 0 aliphatic carbocycles. The first-order valence-corrected chi connectivity index (χ1v) is 4.80. The lowest BCUT2D eigenvalue weighted by Crippen LogP contribution is -2.01. The zero-order chi connectivity index (χ0) is 12.4. The molecule has 0 aliphatic heterocycles. The Labute approximate surface area is 96.3 Å². The monoisotopic (exact) mass is 236 g/mol. The molecule has 0 fully saturated rings. The molecule has 17 heavy (non-hydrogen) atoms. The average molecular weight is 236 g/mol. The van der Waals surface area contributed by atoms with Gasteiger partial charge in [-0.25, -0.2) is 13.8 Å². The number of nitrogens with one attached hydrogen (secondary N) is 1. The molecular weight excluding hydrogens is 226 g/mol. The maximum absolute atomic E-state index is 12.9. The summed E-state index contributed by atoms with van der Waals surface area (Å²) < 4.78 is 25.6. The molecule has 6 heteroatoms. The van der Waals surface area contributed by atoms with Crippen molar-refractivity contribution in [3.63, 3.8) is 0 Å².